The molecule has 2 aliphatic rings. The Bertz CT molecular complexity index is 479. The van der Waals surface area contributed by atoms with Gasteiger partial charge in [0.15, 0.2) is 0 Å². The molecule has 1 aromatic rings. The number of hydrogen-bond acceptors (Lipinski definition) is 3. The van der Waals surface area contributed by atoms with Gasteiger partial charge in [-0.05, 0) is 63.5 Å². The Morgan fingerprint density at radius 3 is 2.57 bits per heavy atom. The smallest absolute Gasteiger partial charge is 0.146 e. The summed E-state index contributed by atoms with van der Waals surface area (Å²) in [4.78, 5) is 4.47. The Labute approximate surface area is 127 Å². The summed E-state index contributed by atoms with van der Waals surface area (Å²) < 4.78 is 14.4. The fourth-order valence-electron chi connectivity index (χ4n) is 3.08. The van der Waals surface area contributed by atoms with Gasteiger partial charge in [-0.3, -0.25) is 0 Å². The third kappa shape index (κ3) is 3.74. The third-order valence-electron chi connectivity index (χ3n) is 4.80. The molecule has 0 atom stereocenters. The third-order valence-corrected chi connectivity index (χ3v) is 4.80. The lowest BCUT2D eigenvalue weighted by molar-refractivity contribution is 0.252. The normalized spacial score (nSPS) is 20.7. The lowest BCUT2D eigenvalue weighted by atomic mass is 10.0. The van der Waals surface area contributed by atoms with Gasteiger partial charge in [-0.1, -0.05) is 6.07 Å². The number of benzene rings is 1. The fraction of sp³-hybridized carbons (Fsp3) is 0.647. The molecule has 1 saturated heterocycles. The zero-order valence-corrected chi connectivity index (χ0v) is 13.1. The number of halogens is 1. The molecule has 21 heavy (non-hydrogen) atoms. The monoisotopic (exact) mass is 291 g/mol. The maximum absolute atomic E-state index is 14.4. The molecule has 1 N–H and O–H groups in total. The highest BCUT2D eigenvalue weighted by atomic mass is 19.1. The van der Waals surface area contributed by atoms with Crippen LogP contribution in [0.4, 0.5) is 10.1 Å². The summed E-state index contributed by atoms with van der Waals surface area (Å²) in [5.74, 6) is -0.0912. The highest BCUT2D eigenvalue weighted by molar-refractivity contribution is 5.49. The zero-order chi connectivity index (χ0) is 14.8. The van der Waals surface area contributed by atoms with Crippen LogP contribution in [0.25, 0.3) is 0 Å². The first-order chi connectivity index (χ1) is 10.1. The Morgan fingerprint density at radius 1 is 1.24 bits per heavy atom. The molecule has 1 aliphatic carbocycles. The molecule has 1 aromatic carbocycles. The van der Waals surface area contributed by atoms with E-state index in [1.54, 1.807) is 6.07 Å². The molecule has 0 bridgehead atoms. The summed E-state index contributed by atoms with van der Waals surface area (Å²) in [6.07, 6.45) is 4.74. The van der Waals surface area contributed by atoms with Gasteiger partial charge in [0, 0.05) is 25.7 Å². The summed E-state index contributed by atoms with van der Waals surface area (Å²) in [5.41, 5.74) is 1.78. The highest BCUT2D eigenvalue weighted by Gasteiger charge is 2.23. The molecule has 4 heteroatoms. The van der Waals surface area contributed by atoms with E-state index in [2.05, 4.69) is 28.2 Å². The van der Waals surface area contributed by atoms with Crippen LogP contribution in [0.3, 0.4) is 0 Å². The molecule has 1 aliphatic heterocycles. The van der Waals surface area contributed by atoms with Gasteiger partial charge < -0.3 is 15.1 Å². The van der Waals surface area contributed by atoms with Gasteiger partial charge in [0.25, 0.3) is 0 Å². The minimum absolute atomic E-state index is 0.0912. The van der Waals surface area contributed by atoms with E-state index in [-0.39, 0.29) is 5.82 Å². The van der Waals surface area contributed by atoms with Crippen LogP contribution in [-0.4, -0.2) is 44.2 Å². The van der Waals surface area contributed by atoms with Crippen molar-refractivity contribution in [1.82, 2.24) is 10.2 Å². The van der Waals surface area contributed by atoms with Crippen LogP contribution in [0.15, 0.2) is 18.2 Å². The van der Waals surface area contributed by atoms with E-state index in [0.29, 0.717) is 12.1 Å². The van der Waals surface area contributed by atoms with Gasteiger partial charge in [-0.15, -0.1) is 0 Å². The molecular formula is C17H26FN3. The summed E-state index contributed by atoms with van der Waals surface area (Å²) in [7, 11) is 4.18. The number of likely N-dealkylation sites (tertiary alicyclic amines) is 1. The Morgan fingerprint density at radius 2 is 1.95 bits per heavy atom. The lowest BCUT2D eigenvalue weighted by Crippen LogP contribution is -2.42. The van der Waals surface area contributed by atoms with E-state index < -0.39 is 0 Å². The second-order valence-corrected chi connectivity index (χ2v) is 6.59. The first-order valence-electron chi connectivity index (χ1n) is 8.06. The predicted molar refractivity (Wildman–Crippen MR) is 85.2 cm³/mol. The van der Waals surface area contributed by atoms with Crippen molar-refractivity contribution in [2.45, 2.75) is 44.3 Å². The topological polar surface area (TPSA) is 18.5 Å². The molecule has 3 rings (SSSR count). The minimum Gasteiger partial charge on any atom is -0.369 e. The summed E-state index contributed by atoms with van der Waals surface area (Å²) >= 11 is 0. The lowest BCUT2D eigenvalue weighted by Gasteiger charge is -2.36. The minimum atomic E-state index is -0.0912. The number of piperidine rings is 1. The summed E-state index contributed by atoms with van der Waals surface area (Å²) in [6, 6.07) is 6.80. The maximum Gasteiger partial charge on any atom is 0.146 e. The van der Waals surface area contributed by atoms with Crippen molar-refractivity contribution in [3.05, 3.63) is 29.6 Å². The van der Waals surface area contributed by atoms with Gasteiger partial charge in [-0.2, -0.15) is 0 Å². The van der Waals surface area contributed by atoms with Gasteiger partial charge in [0.05, 0.1) is 5.69 Å². The van der Waals surface area contributed by atoms with E-state index in [4.69, 9.17) is 0 Å². The van der Waals surface area contributed by atoms with Crippen LogP contribution in [0.2, 0.25) is 0 Å². The molecule has 0 spiro atoms. The van der Waals surface area contributed by atoms with Crippen LogP contribution in [0, 0.1) is 5.82 Å². The largest absolute Gasteiger partial charge is 0.369 e. The van der Waals surface area contributed by atoms with Crippen LogP contribution in [0.5, 0.6) is 0 Å². The average molecular weight is 291 g/mol. The first-order valence-corrected chi connectivity index (χ1v) is 8.06. The SMILES string of the molecule is CN1CCC(N(C)c2ccc(CNC3CC3)cc2F)CC1. The molecule has 2 fully saturated rings. The Kier molecular flexibility index (Phi) is 4.45. The molecule has 3 nitrogen and oxygen atoms in total. The first kappa shape index (κ1) is 14.8. The second kappa shape index (κ2) is 6.32. The van der Waals surface area contributed by atoms with Crippen molar-refractivity contribution >= 4 is 5.69 Å². The number of anilines is 1. The predicted octanol–water partition coefficient (Wildman–Crippen LogP) is 2.61. The molecular weight excluding hydrogens is 265 g/mol. The molecule has 1 heterocycles. The second-order valence-electron chi connectivity index (χ2n) is 6.59. The maximum atomic E-state index is 14.4. The van der Waals surface area contributed by atoms with Crippen molar-refractivity contribution in [3.63, 3.8) is 0 Å². The van der Waals surface area contributed by atoms with E-state index >= 15 is 0 Å². The standard InChI is InChI=1S/C17H26FN3/c1-20-9-7-15(8-10-20)21(2)17-6-3-13(11-16(17)18)12-19-14-4-5-14/h3,6,11,14-15,19H,4-5,7-10,12H2,1-2H3. The molecule has 0 amide bonds. The highest BCUT2D eigenvalue weighted by Crippen LogP contribution is 2.26. The van der Waals surface area contributed by atoms with E-state index in [1.807, 2.05) is 13.1 Å². The Balaban J connectivity index is 1.63. The van der Waals surface area contributed by atoms with Crippen LogP contribution < -0.4 is 10.2 Å². The Hall–Kier alpha value is -1.13. The van der Waals surface area contributed by atoms with E-state index in [1.165, 1.54) is 12.8 Å². The van der Waals surface area contributed by atoms with Crippen molar-refractivity contribution < 1.29 is 4.39 Å². The van der Waals surface area contributed by atoms with Gasteiger partial charge in [0.2, 0.25) is 0 Å². The number of nitrogens with zero attached hydrogens (tertiary/aromatic N) is 2. The quantitative estimate of drug-likeness (QED) is 0.899. The summed E-state index contributed by atoms with van der Waals surface area (Å²) in [5, 5.41) is 3.43. The average Bonchev–Trinajstić information content (AvgIpc) is 3.29. The molecule has 0 aromatic heterocycles. The molecule has 0 radical (unpaired) electrons. The van der Waals surface area contributed by atoms with E-state index in [0.717, 1.165) is 43.7 Å². The number of hydrogen-bond donors (Lipinski definition) is 1. The number of nitrogens with one attached hydrogen (secondary N) is 1. The summed E-state index contributed by atoms with van der Waals surface area (Å²) in [6.45, 7) is 2.97. The van der Waals surface area contributed by atoms with Crippen molar-refractivity contribution in [2.75, 3.05) is 32.1 Å². The van der Waals surface area contributed by atoms with Crippen molar-refractivity contribution in [2.24, 2.45) is 0 Å². The van der Waals surface area contributed by atoms with Crippen LogP contribution >= 0.6 is 0 Å². The van der Waals surface area contributed by atoms with Crippen LogP contribution in [-0.2, 0) is 6.54 Å². The molecule has 0 unspecified atom stereocenters. The van der Waals surface area contributed by atoms with E-state index in [9.17, 15) is 4.39 Å². The van der Waals surface area contributed by atoms with Crippen LogP contribution in [0.1, 0.15) is 31.2 Å². The molecule has 116 valence electrons. The fourth-order valence-corrected chi connectivity index (χ4v) is 3.08. The van der Waals surface area contributed by atoms with Gasteiger partial charge in [-0.25, -0.2) is 4.39 Å². The van der Waals surface area contributed by atoms with Crippen molar-refractivity contribution in [3.8, 4) is 0 Å². The molecule has 1 saturated carbocycles. The number of rotatable bonds is 5. The zero-order valence-electron chi connectivity index (χ0n) is 13.1. The van der Waals surface area contributed by atoms with Gasteiger partial charge in [0.1, 0.15) is 5.82 Å². The van der Waals surface area contributed by atoms with Crippen molar-refractivity contribution in [1.29, 1.82) is 0 Å². The van der Waals surface area contributed by atoms with Gasteiger partial charge >= 0.3 is 0 Å².